The largest absolute Gasteiger partial charge is 0.497 e. The fraction of sp³-hybridized carbons (Fsp3) is 0.105. The molecule has 2 aromatic carbocycles. The molecule has 1 heterocycles. The summed E-state index contributed by atoms with van der Waals surface area (Å²) in [5, 5.41) is 0.607. The van der Waals surface area contributed by atoms with Crippen LogP contribution in [0.25, 0.3) is 11.0 Å². The fourth-order valence-corrected chi connectivity index (χ4v) is 2.39. The summed E-state index contributed by atoms with van der Waals surface area (Å²) in [6.45, 7) is 1.43. The van der Waals surface area contributed by atoms with Crippen molar-refractivity contribution in [3.63, 3.8) is 0 Å². The highest BCUT2D eigenvalue weighted by Gasteiger charge is 2.10. The molecule has 0 fully saturated rings. The molecule has 1 aromatic heterocycles. The number of amides is 1. The van der Waals surface area contributed by atoms with Crippen LogP contribution in [0.2, 0.25) is 0 Å². The van der Waals surface area contributed by atoms with Gasteiger partial charge in [0.1, 0.15) is 11.3 Å². The Kier molecular flexibility index (Phi) is 4.35. The lowest BCUT2D eigenvalue weighted by Crippen LogP contribution is -2.14. The van der Waals surface area contributed by atoms with Crippen LogP contribution in [0.15, 0.2) is 57.9 Å². The van der Waals surface area contributed by atoms with E-state index in [-0.39, 0.29) is 11.3 Å². The van der Waals surface area contributed by atoms with E-state index in [1.165, 1.54) is 6.92 Å². The van der Waals surface area contributed by atoms with Crippen molar-refractivity contribution in [2.24, 2.45) is 10.7 Å². The first-order valence-electron chi connectivity index (χ1n) is 7.55. The standard InChI is InChI=1S/C19H16N2O4/c1-11(22)16-10-13-9-12(18(20)23)3-8-17(13)25-19(16)21-14-4-6-15(24-2)7-5-14/h3-10H,1-2H3,(H2,20,23). The molecular weight excluding hydrogens is 320 g/mol. The van der Waals surface area contributed by atoms with Gasteiger partial charge in [0.15, 0.2) is 5.78 Å². The van der Waals surface area contributed by atoms with E-state index in [1.54, 1.807) is 55.6 Å². The summed E-state index contributed by atoms with van der Waals surface area (Å²) in [7, 11) is 1.58. The first kappa shape index (κ1) is 16.4. The number of hydrogen-bond donors (Lipinski definition) is 1. The number of methoxy groups -OCH3 is 1. The van der Waals surface area contributed by atoms with E-state index in [0.29, 0.717) is 33.5 Å². The molecule has 0 unspecified atom stereocenters. The fourth-order valence-electron chi connectivity index (χ4n) is 2.39. The van der Waals surface area contributed by atoms with Gasteiger partial charge in [-0.25, -0.2) is 4.99 Å². The number of fused-ring (bicyclic) bond motifs is 1. The normalized spacial score (nSPS) is 11.5. The predicted molar refractivity (Wildman–Crippen MR) is 93.0 cm³/mol. The summed E-state index contributed by atoms with van der Waals surface area (Å²) in [5.74, 6) is -0.0270. The minimum absolute atomic E-state index is 0.192. The van der Waals surface area contributed by atoms with Crippen LogP contribution in [0.5, 0.6) is 5.75 Å². The number of ketones is 1. The smallest absolute Gasteiger partial charge is 0.248 e. The molecule has 0 saturated heterocycles. The van der Waals surface area contributed by atoms with E-state index in [1.807, 2.05) is 0 Å². The Morgan fingerprint density at radius 1 is 1.08 bits per heavy atom. The highest BCUT2D eigenvalue weighted by Crippen LogP contribution is 2.19. The lowest BCUT2D eigenvalue weighted by molar-refractivity contribution is 0.0996. The first-order valence-corrected chi connectivity index (χ1v) is 7.55. The summed E-state index contributed by atoms with van der Waals surface area (Å²) in [5.41, 5.74) is 7.29. The number of primary amides is 1. The zero-order valence-electron chi connectivity index (χ0n) is 13.8. The van der Waals surface area contributed by atoms with Gasteiger partial charge in [-0.2, -0.15) is 0 Å². The minimum atomic E-state index is -0.543. The van der Waals surface area contributed by atoms with Gasteiger partial charge < -0.3 is 14.9 Å². The molecule has 0 aliphatic carbocycles. The van der Waals surface area contributed by atoms with Gasteiger partial charge in [-0.05, 0) is 55.5 Å². The van der Waals surface area contributed by atoms with E-state index in [2.05, 4.69) is 4.99 Å². The molecule has 1 amide bonds. The Bertz CT molecular complexity index is 1030. The number of nitrogens with zero attached hydrogens (tertiary/aromatic N) is 1. The molecular formula is C19H16N2O4. The maximum absolute atomic E-state index is 12.0. The second kappa shape index (κ2) is 6.60. The number of Topliss-reactive ketones (excluding diaryl/α,β-unsaturated/α-hetero) is 1. The van der Waals surface area contributed by atoms with Crippen LogP contribution in [-0.4, -0.2) is 18.8 Å². The zero-order chi connectivity index (χ0) is 18.0. The van der Waals surface area contributed by atoms with E-state index < -0.39 is 5.91 Å². The van der Waals surface area contributed by atoms with Crippen molar-refractivity contribution in [2.75, 3.05) is 7.11 Å². The third kappa shape index (κ3) is 3.42. The Balaban J connectivity index is 2.20. The zero-order valence-corrected chi connectivity index (χ0v) is 13.8. The summed E-state index contributed by atoms with van der Waals surface area (Å²) < 4.78 is 10.9. The molecule has 6 nitrogen and oxygen atoms in total. The molecule has 0 bridgehead atoms. The number of nitrogens with two attached hydrogens (primary N) is 1. The predicted octanol–water partition coefficient (Wildman–Crippen LogP) is 2.98. The van der Waals surface area contributed by atoms with Gasteiger partial charge in [0, 0.05) is 10.9 Å². The van der Waals surface area contributed by atoms with Crippen molar-refractivity contribution < 1.29 is 18.7 Å². The molecule has 6 heteroatoms. The van der Waals surface area contributed by atoms with E-state index >= 15 is 0 Å². The Hall–Kier alpha value is -3.41. The molecule has 0 saturated carbocycles. The molecule has 25 heavy (non-hydrogen) atoms. The molecule has 0 atom stereocenters. The molecule has 3 rings (SSSR count). The van der Waals surface area contributed by atoms with Gasteiger partial charge >= 0.3 is 0 Å². The van der Waals surface area contributed by atoms with Gasteiger partial charge in [-0.3, -0.25) is 9.59 Å². The van der Waals surface area contributed by atoms with Crippen molar-refractivity contribution in [3.05, 3.63) is 65.2 Å². The third-order valence-corrected chi connectivity index (χ3v) is 3.71. The van der Waals surface area contributed by atoms with Gasteiger partial charge in [0.2, 0.25) is 11.5 Å². The Labute approximate surface area is 143 Å². The number of hydrogen-bond acceptors (Lipinski definition) is 5. The first-order chi connectivity index (χ1) is 12.0. The molecule has 0 aliphatic rings. The van der Waals surface area contributed by atoms with Crippen molar-refractivity contribution in [3.8, 4) is 5.75 Å². The maximum Gasteiger partial charge on any atom is 0.248 e. The topological polar surface area (TPSA) is 94.9 Å². The Morgan fingerprint density at radius 3 is 2.40 bits per heavy atom. The number of ether oxygens (including phenoxy) is 1. The Morgan fingerprint density at radius 2 is 1.80 bits per heavy atom. The number of rotatable bonds is 4. The SMILES string of the molecule is COc1ccc(N=c2oc3ccc(C(N)=O)cc3cc2C(C)=O)cc1. The molecule has 0 aliphatic heterocycles. The molecule has 0 spiro atoms. The van der Waals surface area contributed by atoms with Crippen LogP contribution in [0.4, 0.5) is 5.69 Å². The minimum Gasteiger partial charge on any atom is -0.497 e. The summed E-state index contributed by atoms with van der Waals surface area (Å²) in [6.07, 6.45) is 0. The van der Waals surface area contributed by atoms with Crippen molar-refractivity contribution in [1.82, 2.24) is 0 Å². The lowest BCUT2D eigenvalue weighted by atomic mass is 10.1. The number of carbonyl (C=O) groups excluding carboxylic acids is 2. The summed E-state index contributed by atoms with van der Waals surface area (Å²) in [6, 6.07) is 13.5. The quantitative estimate of drug-likeness (QED) is 0.741. The second-order valence-electron chi connectivity index (χ2n) is 5.45. The number of carbonyl (C=O) groups is 2. The van der Waals surface area contributed by atoms with E-state index in [4.69, 9.17) is 14.9 Å². The summed E-state index contributed by atoms with van der Waals surface area (Å²) >= 11 is 0. The van der Waals surface area contributed by atoms with Crippen LogP contribution in [0.3, 0.4) is 0 Å². The van der Waals surface area contributed by atoms with Crippen LogP contribution in [0, 0.1) is 0 Å². The average molecular weight is 336 g/mol. The lowest BCUT2D eigenvalue weighted by Gasteiger charge is -2.04. The van der Waals surface area contributed by atoms with Crippen LogP contribution in [-0.2, 0) is 0 Å². The van der Waals surface area contributed by atoms with Gasteiger partial charge in [0.05, 0.1) is 18.4 Å². The van der Waals surface area contributed by atoms with Gasteiger partial charge in [-0.1, -0.05) is 0 Å². The highest BCUT2D eigenvalue weighted by atomic mass is 16.5. The molecule has 0 radical (unpaired) electrons. The third-order valence-electron chi connectivity index (χ3n) is 3.71. The monoisotopic (exact) mass is 336 g/mol. The molecule has 2 N–H and O–H groups in total. The average Bonchev–Trinajstić information content (AvgIpc) is 2.61. The highest BCUT2D eigenvalue weighted by molar-refractivity contribution is 5.99. The van der Waals surface area contributed by atoms with E-state index in [0.717, 1.165) is 0 Å². The van der Waals surface area contributed by atoms with Gasteiger partial charge in [-0.15, -0.1) is 0 Å². The maximum atomic E-state index is 12.0. The van der Waals surface area contributed by atoms with Crippen LogP contribution >= 0.6 is 0 Å². The van der Waals surface area contributed by atoms with Crippen LogP contribution < -0.4 is 16.0 Å². The summed E-state index contributed by atoms with van der Waals surface area (Å²) in [4.78, 5) is 27.7. The second-order valence-corrected chi connectivity index (χ2v) is 5.45. The van der Waals surface area contributed by atoms with Crippen molar-refractivity contribution >= 4 is 28.3 Å². The molecule has 3 aromatic rings. The number of benzene rings is 2. The molecule has 126 valence electrons. The van der Waals surface area contributed by atoms with Crippen LogP contribution in [0.1, 0.15) is 27.6 Å². The van der Waals surface area contributed by atoms with Crippen molar-refractivity contribution in [2.45, 2.75) is 6.92 Å². The van der Waals surface area contributed by atoms with Crippen molar-refractivity contribution in [1.29, 1.82) is 0 Å². The van der Waals surface area contributed by atoms with E-state index in [9.17, 15) is 9.59 Å². The van der Waals surface area contributed by atoms with Gasteiger partial charge in [0.25, 0.3) is 0 Å².